The highest BCUT2D eigenvalue weighted by Gasteiger charge is 2.40. The molecule has 0 bridgehead atoms. The zero-order chi connectivity index (χ0) is 29.6. The summed E-state index contributed by atoms with van der Waals surface area (Å²) in [6.07, 6.45) is 2.44. The molecule has 0 radical (unpaired) electrons. The molecule has 2 unspecified atom stereocenters. The lowest BCUT2D eigenvalue weighted by molar-refractivity contribution is -0.138. The van der Waals surface area contributed by atoms with Crippen molar-refractivity contribution in [3.63, 3.8) is 0 Å². The van der Waals surface area contributed by atoms with Crippen molar-refractivity contribution in [2.24, 2.45) is 5.92 Å². The highest BCUT2D eigenvalue weighted by Crippen LogP contribution is 2.34. The van der Waals surface area contributed by atoms with Crippen molar-refractivity contribution in [2.75, 3.05) is 26.3 Å². The van der Waals surface area contributed by atoms with Crippen molar-refractivity contribution >= 4 is 35.0 Å². The van der Waals surface area contributed by atoms with E-state index >= 15 is 0 Å². The van der Waals surface area contributed by atoms with Crippen LogP contribution in [-0.4, -0.2) is 55.1 Å². The Labute approximate surface area is 255 Å². The Hall–Kier alpha value is -3.33. The summed E-state index contributed by atoms with van der Waals surface area (Å²) in [6.45, 7) is 3.78. The fourth-order valence-electron chi connectivity index (χ4n) is 5.17. The SMILES string of the molecule is Cc1cc(Cl)c(OCCOc2ccc(C(=O)NC3CCNCC3C(=O)N(Cc3ccccc3F)C3CC3)cc2)c(Cl)c1. The van der Waals surface area contributed by atoms with Crippen LogP contribution in [-0.2, 0) is 11.3 Å². The average molecular weight is 615 g/mol. The van der Waals surface area contributed by atoms with Gasteiger partial charge >= 0.3 is 0 Å². The molecule has 42 heavy (non-hydrogen) atoms. The number of benzene rings is 3. The van der Waals surface area contributed by atoms with Crippen molar-refractivity contribution in [3.05, 3.63) is 93.2 Å². The maximum Gasteiger partial charge on any atom is 0.251 e. The summed E-state index contributed by atoms with van der Waals surface area (Å²) in [4.78, 5) is 28.6. The smallest absolute Gasteiger partial charge is 0.251 e. The fourth-order valence-corrected chi connectivity index (χ4v) is 5.87. The van der Waals surface area contributed by atoms with E-state index in [1.54, 1.807) is 59.5 Å². The van der Waals surface area contributed by atoms with Gasteiger partial charge < -0.3 is 25.0 Å². The van der Waals surface area contributed by atoms with Crippen molar-refractivity contribution < 1.29 is 23.5 Å². The third-order valence-corrected chi connectivity index (χ3v) is 8.10. The van der Waals surface area contributed by atoms with Crippen molar-refractivity contribution in [3.8, 4) is 11.5 Å². The lowest BCUT2D eigenvalue weighted by Gasteiger charge is -2.36. The number of halogens is 3. The number of ether oxygens (including phenoxy) is 2. The molecule has 3 aromatic rings. The largest absolute Gasteiger partial charge is 0.490 e. The van der Waals surface area contributed by atoms with Gasteiger partial charge in [0.2, 0.25) is 5.91 Å². The summed E-state index contributed by atoms with van der Waals surface area (Å²) < 4.78 is 25.8. The van der Waals surface area contributed by atoms with Gasteiger partial charge in [0.15, 0.2) is 5.75 Å². The van der Waals surface area contributed by atoms with E-state index in [9.17, 15) is 14.0 Å². The van der Waals surface area contributed by atoms with E-state index < -0.39 is 5.92 Å². The minimum Gasteiger partial charge on any atom is -0.490 e. The van der Waals surface area contributed by atoms with Crippen LogP contribution < -0.4 is 20.1 Å². The van der Waals surface area contributed by atoms with E-state index in [4.69, 9.17) is 32.7 Å². The molecule has 222 valence electrons. The van der Waals surface area contributed by atoms with E-state index in [1.165, 1.54) is 6.07 Å². The fraction of sp³-hybridized carbons (Fsp3) is 0.375. The first-order chi connectivity index (χ1) is 20.3. The summed E-state index contributed by atoms with van der Waals surface area (Å²) in [6, 6.07) is 16.7. The summed E-state index contributed by atoms with van der Waals surface area (Å²) in [5, 5.41) is 7.24. The molecule has 1 saturated heterocycles. The monoisotopic (exact) mass is 613 g/mol. The summed E-state index contributed by atoms with van der Waals surface area (Å²) in [7, 11) is 0. The summed E-state index contributed by atoms with van der Waals surface area (Å²) in [5.41, 5.74) is 1.91. The highest BCUT2D eigenvalue weighted by molar-refractivity contribution is 6.37. The molecule has 0 spiro atoms. The van der Waals surface area contributed by atoms with Crippen LogP contribution in [0.3, 0.4) is 0 Å². The van der Waals surface area contributed by atoms with Crippen LogP contribution in [0.15, 0.2) is 60.7 Å². The lowest BCUT2D eigenvalue weighted by atomic mass is 9.91. The molecule has 1 aliphatic carbocycles. The van der Waals surface area contributed by atoms with Crippen LogP contribution >= 0.6 is 23.2 Å². The Morgan fingerprint density at radius 2 is 1.69 bits per heavy atom. The quantitative estimate of drug-likeness (QED) is 0.267. The average Bonchev–Trinajstić information content (AvgIpc) is 3.81. The van der Waals surface area contributed by atoms with Gasteiger partial charge in [-0.15, -0.1) is 0 Å². The molecule has 7 nitrogen and oxygen atoms in total. The van der Waals surface area contributed by atoms with Crippen molar-refractivity contribution in [1.82, 2.24) is 15.5 Å². The van der Waals surface area contributed by atoms with Gasteiger partial charge in [0.1, 0.15) is 24.8 Å². The second-order valence-corrected chi connectivity index (χ2v) is 11.6. The molecule has 2 fully saturated rings. The number of aryl methyl sites for hydroxylation is 1. The third-order valence-electron chi connectivity index (χ3n) is 7.54. The first-order valence-corrected chi connectivity index (χ1v) is 14.9. The number of nitrogens with one attached hydrogen (secondary N) is 2. The molecule has 1 heterocycles. The van der Waals surface area contributed by atoms with Crippen LogP contribution in [0.25, 0.3) is 0 Å². The van der Waals surface area contributed by atoms with E-state index in [0.29, 0.717) is 52.2 Å². The Morgan fingerprint density at radius 1 is 1.00 bits per heavy atom. The molecule has 2 atom stereocenters. The first kappa shape index (κ1) is 30.1. The molecule has 3 aromatic carbocycles. The number of carbonyl (C=O) groups excluding carboxylic acids is 2. The lowest BCUT2D eigenvalue weighted by Crippen LogP contribution is -2.55. The molecule has 1 aliphatic heterocycles. The summed E-state index contributed by atoms with van der Waals surface area (Å²) in [5.74, 6) is -0.0697. The number of nitrogens with zero attached hydrogens (tertiary/aromatic N) is 1. The molecule has 10 heteroatoms. The maximum atomic E-state index is 14.4. The van der Waals surface area contributed by atoms with E-state index in [-0.39, 0.29) is 49.5 Å². The molecular formula is C32H34Cl2FN3O4. The van der Waals surface area contributed by atoms with Crippen LogP contribution in [0.2, 0.25) is 10.0 Å². The minimum absolute atomic E-state index is 0.0579. The van der Waals surface area contributed by atoms with Gasteiger partial charge in [-0.05, 0) is 80.8 Å². The van der Waals surface area contributed by atoms with Crippen molar-refractivity contribution in [1.29, 1.82) is 0 Å². The number of hydrogen-bond donors (Lipinski definition) is 2. The van der Waals surface area contributed by atoms with Gasteiger partial charge in [-0.1, -0.05) is 41.4 Å². The molecule has 0 aromatic heterocycles. The number of rotatable bonds is 11. The Kier molecular flexibility index (Phi) is 9.88. The minimum atomic E-state index is -0.437. The van der Waals surface area contributed by atoms with Gasteiger partial charge in [0, 0.05) is 36.3 Å². The molecule has 2 aliphatic rings. The molecule has 1 saturated carbocycles. The topological polar surface area (TPSA) is 79.9 Å². The Balaban J connectivity index is 1.15. The molecule has 5 rings (SSSR count). The first-order valence-electron chi connectivity index (χ1n) is 14.2. The summed E-state index contributed by atoms with van der Waals surface area (Å²) >= 11 is 12.4. The normalized spacial score (nSPS) is 18.3. The van der Waals surface area contributed by atoms with Gasteiger partial charge in [0.25, 0.3) is 5.91 Å². The van der Waals surface area contributed by atoms with Crippen LogP contribution in [0.1, 0.15) is 40.7 Å². The predicted molar refractivity (Wildman–Crippen MR) is 161 cm³/mol. The van der Waals surface area contributed by atoms with E-state index in [0.717, 1.165) is 18.4 Å². The van der Waals surface area contributed by atoms with Crippen LogP contribution in [0.5, 0.6) is 11.5 Å². The Morgan fingerprint density at radius 3 is 2.38 bits per heavy atom. The molecular weight excluding hydrogens is 580 g/mol. The van der Waals surface area contributed by atoms with Gasteiger partial charge in [-0.25, -0.2) is 4.39 Å². The predicted octanol–water partition coefficient (Wildman–Crippen LogP) is 5.80. The zero-order valence-electron chi connectivity index (χ0n) is 23.4. The number of hydrogen-bond acceptors (Lipinski definition) is 5. The zero-order valence-corrected chi connectivity index (χ0v) is 24.9. The second kappa shape index (κ2) is 13.8. The number of piperidine rings is 1. The number of amides is 2. The molecule has 2 amide bonds. The molecule has 2 N–H and O–H groups in total. The van der Waals surface area contributed by atoms with Crippen molar-refractivity contribution in [2.45, 2.75) is 44.8 Å². The highest BCUT2D eigenvalue weighted by atomic mass is 35.5. The van der Waals surface area contributed by atoms with Crippen LogP contribution in [0, 0.1) is 18.7 Å². The maximum absolute atomic E-state index is 14.4. The van der Waals surface area contributed by atoms with Gasteiger partial charge in [-0.2, -0.15) is 0 Å². The standard InChI is InChI=1S/C32H34Cl2FN3O4/c1-20-16-26(33)30(27(34)17-20)42-15-14-41-24-10-6-21(7-11-24)31(39)37-29-12-13-36-18-25(29)32(40)38(23-8-9-23)19-22-4-2-3-5-28(22)35/h2-7,10-11,16-17,23,25,29,36H,8-9,12-15,18-19H2,1H3,(H,37,39). The van der Waals surface area contributed by atoms with E-state index in [1.807, 2.05) is 6.92 Å². The van der Waals surface area contributed by atoms with Gasteiger partial charge in [-0.3, -0.25) is 9.59 Å². The van der Waals surface area contributed by atoms with E-state index in [2.05, 4.69) is 10.6 Å². The van der Waals surface area contributed by atoms with Gasteiger partial charge in [0.05, 0.1) is 16.0 Å². The third kappa shape index (κ3) is 7.54. The Bertz CT molecular complexity index is 1390. The number of carbonyl (C=O) groups is 2. The second-order valence-electron chi connectivity index (χ2n) is 10.7. The van der Waals surface area contributed by atoms with Crippen LogP contribution in [0.4, 0.5) is 4.39 Å².